The molecule has 0 aliphatic heterocycles. The van der Waals surface area contributed by atoms with Crippen molar-refractivity contribution in [2.75, 3.05) is 0 Å². The van der Waals surface area contributed by atoms with Gasteiger partial charge in [0, 0.05) is 31.6 Å². The molecule has 0 heterocycles. The van der Waals surface area contributed by atoms with Crippen molar-refractivity contribution in [3.05, 3.63) is 0 Å². The lowest BCUT2D eigenvalue weighted by atomic mass is 9.52. The summed E-state index contributed by atoms with van der Waals surface area (Å²) in [5.41, 5.74) is -8.81. The highest BCUT2D eigenvalue weighted by Gasteiger charge is 2.74. The maximum absolute atomic E-state index is 12.9. The molecule has 0 amide bonds. The van der Waals surface area contributed by atoms with E-state index in [-0.39, 0.29) is 19.3 Å². The Kier molecular flexibility index (Phi) is 6.93. The maximum Gasteiger partial charge on any atom is 0.388 e. The van der Waals surface area contributed by atoms with E-state index in [1.54, 1.807) is 0 Å². The first kappa shape index (κ1) is 26.6. The monoisotopic (exact) mass is 492 g/mol. The molecule has 0 aromatic heterocycles. The number of ketones is 2. The normalized spacial score (nSPS) is 44.6. The van der Waals surface area contributed by atoms with Crippen LogP contribution in [-0.4, -0.2) is 112 Å². The summed E-state index contributed by atoms with van der Waals surface area (Å²) in [5, 5.41) is 81.9. The number of hydrogen-bond donors (Lipinski definition) is 8. The van der Waals surface area contributed by atoms with Gasteiger partial charge in [0.05, 0.1) is 18.3 Å². The molecule has 1 spiro atoms. The SMILES string of the molecule is CC1[C@@H](O)C(O)[C@H](O)CC1(O)C(=O)OOC(=O)C1(O)C[C@@H](O)C(O)[C@H](O)C12C(=O)CCCC2=O. The molecule has 192 valence electrons. The largest absolute Gasteiger partial charge is 0.390 e. The van der Waals surface area contributed by atoms with Crippen LogP contribution in [0.15, 0.2) is 0 Å². The Bertz CT molecular complexity index is 857. The predicted octanol–water partition coefficient (Wildman–Crippen LogP) is -4.63. The van der Waals surface area contributed by atoms with E-state index in [0.29, 0.717) is 0 Å². The molecule has 3 aliphatic rings. The van der Waals surface area contributed by atoms with Crippen molar-refractivity contribution >= 4 is 23.5 Å². The predicted molar refractivity (Wildman–Crippen MR) is 103 cm³/mol. The smallest absolute Gasteiger partial charge is 0.388 e. The molecular formula is C20H28O14. The number of Topliss-reactive ketones (excluding diaryl/α,β-unsaturated/α-hetero) is 2. The van der Waals surface area contributed by atoms with Gasteiger partial charge >= 0.3 is 11.9 Å². The molecule has 8 N–H and O–H groups in total. The number of aliphatic hydroxyl groups excluding tert-OH is 6. The fourth-order valence-corrected chi connectivity index (χ4v) is 5.21. The lowest BCUT2D eigenvalue weighted by Gasteiger charge is -2.52. The van der Waals surface area contributed by atoms with E-state index in [1.807, 2.05) is 0 Å². The molecular weight excluding hydrogens is 464 g/mol. The van der Waals surface area contributed by atoms with Crippen molar-refractivity contribution in [1.29, 1.82) is 0 Å². The first-order valence-corrected chi connectivity index (χ1v) is 10.7. The minimum absolute atomic E-state index is 0.0479. The molecule has 5 unspecified atom stereocenters. The third kappa shape index (κ3) is 3.56. The Morgan fingerprint density at radius 2 is 1.29 bits per heavy atom. The van der Waals surface area contributed by atoms with Crippen LogP contribution in [0, 0.1) is 11.3 Å². The number of hydrogen-bond acceptors (Lipinski definition) is 14. The molecule has 0 bridgehead atoms. The molecule has 3 rings (SSSR count). The number of carbonyl (C=O) groups excluding carboxylic acids is 4. The van der Waals surface area contributed by atoms with Crippen LogP contribution in [0.5, 0.6) is 0 Å². The zero-order valence-electron chi connectivity index (χ0n) is 18.1. The van der Waals surface area contributed by atoms with Gasteiger partial charge in [-0.15, -0.1) is 0 Å². The van der Waals surface area contributed by atoms with E-state index in [0.717, 1.165) is 6.92 Å². The minimum Gasteiger partial charge on any atom is -0.390 e. The van der Waals surface area contributed by atoms with Gasteiger partial charge in [-0.3, -0.25) is 9.59 Å². The molecule has 0 aromatic rings. The first-order chi connectivity index (χ1) is 15.7. The van der Waals surface area contributed by atoms with Gasteiger partial charge in [0.25, 0.3) is 0 Å². The second-order valence-corrected chi connectivity index (χ2v) is 9.28. The molecule has 0 saturated heterocycles. The average molecular weight is 492 g/mol. The summed E-state index contributed by atoms with van der Waals surface area (Å²) in [5.74, 6) is -7.25. The van der Waals surface area contributed by atoms with Crippen LogP contribution in [0.3, 0.4) is 0 Å². The van der Waals surface area contributed by atoms with Gasteiger partial charge in [0.2, 0.25) is 0 Å². The van der Waals surface area contributed by atoms with Gasteiger partial charge in [-0.05, 0) is 6.42 Å². The molecule has 0 aromatic carbocycles. The zero-order chi connectivity index (χ0) is 25.8. The van der Waals surface area contributed by atoms with E-state index in [4.69, 9.17) is 0 Å². The summed E-state index contributed by atoms with van der Waals surface area (Å²) in [6.45, 7) is 1.14. The summed E-state index contributed by atoms with van der Waals surface area (Å²) in [6.07, 6.45) is -14.3. The summed E-state index contributed by atoms with van der Waals surface area (Å²) in [6, 6.07) is 0. The van der Waals surface area contributed by atoms with Crippen molar-refractivity contribution in [2.24, 2.45) is 11.3 Å². The Labute approximate surface area is 192 Å². The zero-order valence-corrected chi connectivity index (χ0v) is 18.1. The average Bonchev–Trinajstić information content (AvgIpc) is 2.78. The third-order valence-electron chi connectivity index (χ3n) is 7.42. The van der Waals surface area contributed by atoms with E-state index >= 15 is 0 Å². The highest BCUT2D eigenvalue weighted by molar-refractivity contribution is 6.14. The molecule has 3 saturated carbocycles. The van der Waals surface area contributed by atoms with E-state index in [2.05, 4.69) is 9.78 Å². The van der Waals surface area contributed by atoms with E-state index in [9.17, 15) is 60.0 Å². The standard InChI is InChI=1S/C20H28O14/c1-7-12(25)13(26)8(21)5-18(7,31)16(29)33-34-17(30)19(32)6-9(22)14(27)15(28)20(19)10(23)3-2-4-11(20)24/h7-9,12-15,21-22,25-28,31-32H,2-6H2,1H3/t7?,8-,9-,12-,13?,14?,15+,18?,19?/m1/s1. The molecule has 34 heavy (non-hydrogen) atoms. The number of aliphatic hydroxyl groups is 8. The van der Waals surface area contributed by atoms with Crippen LogP contribution < -0.4 is 0 Å². The topological polar surface area (TPSA) is 249 Å². The minimum atomic E-state index is -3.25. The molecule has 3 fully saturated rings. The third-order valence-corrected chi connectivity index (χ3v) is 7.42. The summed E-state index contributed by atoms with van der Waals surface area (Å²) in [4.78, 5) is 59.6. The van der Waals surface area contributed by atoms with E-state index < -0.39 is 95.5 Å². The van der Waals surface area contributed by atoms with Crippen LogP contribution in [-0.2, 0) is 29.0 Å². The van der Waals surface area contributed by atoms with Gasteiger partial charge in [0.15, 0.2) is 28.2 Å². The number of carbonyl (C=O) groups is 4. The molecule has 14 heteroatoms. The Hall–Kier alpha value is -2.04. The van der Waals surface area contributed by atoms with Gasteiger partial charge in [-0.1, -0.05) is 6.92 Å². The van der Waals surface area contributed by atoms with Crippen molar-refractivity contribution in [3.63, 3.8) is 0 Å². The van der Waals surface area contributed by atoms with Crippen molar-refractivity contribution in [1.82, 2.24) is 0 Å². The Balaban J connectivity index is 1.88. The van der Waals surface area contributed by atoms with Crippen LogP contribution >= 0.6 is 0 Å². The van der Waals surface area contributed by atoms with Crippen LogP contribution in [0.25, 0.3) is 0 Å². The molecule has 14 nitrogen and oxygen atoms in total. The number of rotatable bonds is 2. The Morgan fingerprint density at radius 3 is 1.85 bits per heavy atom. The Morgan fingerprint density at radius 1 is 0.794 bits per heavy atom. The van der Waals surface area contributed by atoms with Crippen molar-refractivity contribution in [2.45, 2.75) is 86.9 Å². The first-order valence-electron chi connectivity index (χ1n) is 10.7. The molecule has 9 atom stereocenters. The quantitative estimate of drug-likeness (QED) is 0.103. The second-order valence-electron chi connectivity index (χ2n) is 9.28. The second kappa shape index (κ2) is 8.87. The van der Waals surface area contributed by atoms with Crippen LogP contribution in [0.2, 0.25) is 0 Å². The maximum atomic E-state index is 12.9. The van der Waals surface area contributed by atoms with E-state index in [1.165, 1.54) is 0 Å². The van der Waals surface area contributed by atoms with Crippen LogP contribution in [0.1, 0.15) is 39.0 Å². The molecule has 3 aliphatic carbocycles. The van der Waals surface area contributed by atoms with Gasteiger partial charge < -0.3 is 40.9 Å². The van der Waals surface area contributed by atoms with Crippen molar-refractivity contribution in [3.8, 4) is 0 Å². The van der Waals surface area contributed by atoms with Gasteiger partial charge in [-0.25, -0.2) is 19.4 Å². The molecule has 0 radical (unpaired) electrons. The fraction of sp³-hybridized carbons (Fsp3) is 0.800. The summed E-state index contributed by atoms with van der Waals surface area (Å²) >= 11 is 0. The summed E-state index contributed by atoms with van der Waals surface area (Å²) < 4.78 is 0. The lowest BCUT2D eigenvalue weighted by Crippen LogP contribution is -2.76. The van der Waals surface area contributed by atoms with Crippen LogP contribution in [0.4, 0.5) is 0 Å². The van der Waals surface area contributed by atoms with Crippen molar-refractivity contribution < 1.29 is 69.8 Å². The highest BCUT2D eigenvalue weighted by atomic mass is 17.2. The highest BCUT2D eigenvalue weighted by Crippen LogP contribution is 2.50. The fourth-order valence-electron chi connectivity index (χ4n) is 5.21. The van der Waals surface area contributed by atoms with Gasteiger partial charge in [0.1, 0.15) is 18.3 Å². The lowest BCUT2D eigenvalue weighted by molar-refractivity contribution is -0.302. The summed E-state index contributed by atoms with van der Waals surface area (Å²) in [7, 11) is 0. The van der Waals surface area contributed by atoms with Gasteiger partial charge in [-0.2, -0.15) is 0 Å².